The highest BCUT2D eigenvalue weighted by atomic mass is 127. The molecule has 0 bridgehead atoms. The number of rotatable bonds is 5. The van der Waals surface area contributed by atoms with Gasteiger partial charge in [0.15, 0.2) is 11.7 Å². The molecule has 1 rings (SSSR count). The van der Waals surface area contributed by atoms with Gasteiger partial charge in [-0.3, -0.25) is 4.99 Å². The van der Waals surface area contributed by atoms with Crippen LogP contribution in [0.25, 0.3) is 0 Å². The highest BCUT2D eigenvalue weighted by molar-refractivity contribution is 14.0. The van der Waals surface area contributed by atoms with Crippen molar-refractivity contribution in [3.8, 4) is 0 Å². The Balaban J connectivity index is 0.00000361. The topological polar surface area (TPSA) is 49.3 Å². The first kappa shape index (κ1) is 19.4. The molecule has 0 fully saturated rings. The Morgan fingerprint density at radius 2 is 2.10 bits per heavy atom. The highest BCUT2D eigenvalue weighted by Gasteiger charge is 2.33. The van der Waals surface area contributed by atoms with E-state index in [1.165, 1.54) is 0 Å². The number of alkyl halides is 3. The summed E-state index contributed by atoms with van der Waals surface area (Å²) in [5.41, 5.74) is -0.844. The lowest BCUT2D eigenvalue weighted by Crippen LogP contribution is -2.37. The number of nitrogens with zero attached hydrogens (tertiary/aromatic N) is 2. The fourth-order valence-corrected chi connectivity index (χ4v) is 2.03. The zero-order valence-electron chi connectivity index (χ0n) is 11.3. The summed E-state index contributed by atoms with van der Waals surface area (Å²) in [6.45, 7) is 3.08. The van der Waals surface area contributed by atoms with E-state index in [1.54, 1.807) is 7.05 Å². The minimum absolute atomic E-state index is 0. The average Bonchev–Trinajstić information content (AvgIpc) is 2.82. The highest BCUT2D eigenvalue weighted by Crippen LogP contribution is 2.29. The van der Waals surface area contributed by atoms with Crippen molar-refractivity contribution in [3.63, 3.8) is 0 Å². The van der Waals surface area contributed by atoms with Crippen LogP contribution in [0.3, 0.4) is 0 Å². The summed E-state index contributed by atoms with van der Waals surface area (Å²) in [5.74, 6) is 0.567. The van der Waals surface area contributed by atoms with Crippen LogP contribution < -0.4 is 10.6 Å². The number of nitrogens with one attached hydrogen (secondary N) is 2. The van der Waals surface area contributed by atoms with Gasteiger partial charge in [0.2, 0.25) is 0 Å². The Bertz CT molecular complexity index is 420. The van der Waals surface area contributed by atoms with Gasteiger partial charge in [-0.2, -0.15) is 13.2 Å². The lowest BCUT2D eigenvalue weighted by atomic mass is 10.3. The van der Waals surface area contributed by atoms with Crippen molar-refractivity contribution in [2.45, 2.75) is 32.5 Å². The van der Waals surface area contributed by atoms with Crippen LogP contribution in [-0.4, -0.2) is 24.5 Å². The van der Waals surface area contributed by atoms with Crippen molar-refractivity contribution >= 4 is 41.3 Å². The molecule has 0 amide bonds. The van der Waals surface area contributed by atoms with E-state index in [1.807, 2.05) is 0 Å². The molecule has 0 aromatic carbocycles. The van der Waals surface area contributed by atoms with Gasteiger partial charge in [0.05, 0.1) is 6.54 Å². The van der Waals surface area contributed by atoms with Gasteiger partial charge in [0.1, 0.15) is 5.01 Å². The number of aliphatic imine (C=N–C) groups is 1. The molecule has 1 aromatic rings. The van der Waals surface area contributed by atoms with E-state index in [0.29, 0.717) is 11.0 Å². The molecular weight excluding hydrogens is 404 g/mol. The number of hydrogen-bond donors (Lipinski definition) is 2. The SMILES string of the molecule is CCCCNC(=NC)NCc1nc(C(F)(F)F)cs1.I. The molecule has 0 saturated heterocycles. The smallest absolute Gasteiger partial charge is 0.356 e. The summed E-state index contributed by atoms with van der Waals surface area (Å²) in [7, 11) is 1.62. The maximum atomic E-state index is 12.4. The summed E-state index contributed by atoms with van der Waals surface area (Å²) < 4.78 is 37.1. The zero-order chi connectivity index (χ0) is 14.3. The molecule has 0 aliphatic heterocycles. The minimum atomic E-state index is -4.38. The zero-order valence-corrected chi connectivity index (χ0v) is 14.4. The van der Waals surface area contributed by atoms with Crippen LogP contribution in [0.4, 0.5) is 13.2 Å². The van der Waals surface area contributed by atoms with Gasteiger partial charge in [-0.15, -0.1) is 35.3 Å². The van der Waals surface area contributed by atoms with Crippen LogP contribution in [-0.2, 0) is 12.7 Å². The number of halogens is 4. The van der Waals surface area contributed by atoms with Crippen LogP contribution in [0, 0.1) is 0 Å². The molecule has 116 valence electrons. The van der Waals surface area contributed by atoms with Gasteiger partial charge >= 0.3 is 6.18 Å². The first-order valence-corrected chi connectivity index (χ1v) is 6.81. The maximum absolute atomic E-state index is 12.4. The third kappa shape index (κ3) is 6.73. The van der Waals surface area contributed by atoms with Crippen molar-refractivity contribution in [1.29, 1.82) is 0 Å². The summed E-state index contributed by atoms with van der Waals surface area (Å²) in [4.78, 5) is 7.51. The van der Waals surface area contributed by atoms with Gasteiger partial charge in [0, 0.05) is 19.0 Å². The van der Waals surface area contributed by atoms with Crippen LogP contribution in [0.1, 0.15) is 30.5 Å². The summed E-state index contributed by atoms with van der Waals surface area (Å²) in [6, 6.07) is 0. The standard InChI is InChI=1S/C11H17F3N4S.HI/c1-3-4-5-16-10(15-2)17-6-9-18-8(7-19-9)11(12,13)14;/h7H,3-6H2,1-2H3,(H2,15,16,17);1H. The van der Waals surface area contributed by atoms with Gasteiger partial charge in [-0.25, -0.2) is 4.98 Å². The van der Waals surface area contributed by atoms with Crippen molar-refractivity contribution in [1.82, 2.24) is 15.6 Å². The summed E-state index contributed by atoms with van der Waals surface area (Å²) >= 11 is 0.981. The van der Waals surface area contributed by atoms with Crippen molar-refractivity contribution in [2.24, 2.45) is 4.99 Å². The quantitative estimate of drug-likeness (QED) is 0.332. The van der Waals surface area contributed by atoms with Crippen LogP contribution >= 0.6 is 35.3 Å². The predicted molar refractivity (Wildman–Crippen MR) is 85.6 cm³/mol. The molecule has 20 heavy (non-hydrogen) atoms. The molecule has 0 aliphatic carbocycles. The van der Waals surface area contributed by atoms with Crippen LogP contribution in [0.15, 0.2) is 10.4 Å². The first-order chi connectivity index (χ1) is 8.97. The van der Waals surface area contributed by atoms with E-state index in [4.69, 9.17) is 0 Å². The molecular formula is C11H18F3IN4S. The Hall–Kier alpha value is -0.580. The minimum Gasteiger partial charge on any atom is -0.356 e. The predicted octanol–water partition coefficient (Wildman–Crippen LogP) is 3.25. The van der Waals surface area contributed by atoms with E-state index in [9.17, 15) is 13.2 Å². The summed E-state index contributed by atoms with van der Waals surface area (Å²) in [5, 5.41) is 7.40. The Morgan fingerprint density at radius 3 is 2.60 bits per heavy atom. The molecule has 0 spiro atoms. The lowest BCUT2D eigenvalue weighted by molar-refractivity contribution is -0.140. The normalized spacial score (nSPS) is 11.9. The Labute approximate surface area is 137 Å². The van der Waals surface area contributed by atoms with E-state index in [0.717, 1.165) is 36.1 Å². The van der Waals surface area contributed by atoms with Crippen LogP contribution in [0.5, 0.6) is 0 Å². The van der Waals surface area contributed by atoms with Crippen molar-refractivity contribution < 1.29 is 13.2 Å². The number of aromatic nitrogens is 1. The van der Waals surface area contributed by atoms with Gasteiger partial charge in [0.25, 0.3) is 0 Å². The van der Waals surface area contributed by atoms with Gasteiger partial charge < -0.3 is 10.6 Å². The van der Waals surface area contributed by atoms with E-state index in [-0.39, 0.29) is 30.5 Å². The second-order valence-electron chi connectivity index (χ2n) is 3.83. The Morgan fingerprint density at radius 1 is 1.40 bits per heavy atom. The second kappa shape index (κ2) is 9.37. The average molecular weight is 422 g/mol. The van der Waals surface area contributed by atoms with E-state index in [2.05, 4.69) is 27.5 Å². The number of thiazole rings is 1. The van der Waals surface area contributed by atoms with E-state index < -0.39 is 11.9 Å². The van der Waals surface area contributed by atoms with Gasteiger partial charge in [-0.1, -0.05) is 13.3 Å². The van der Waals surface area contributed by atoms with E-state index >= 15 is 0 Å². The van der Waals surface area contributed by atoms with Gasteiger partial charge in [-0.05, 0) is 6.42 Å². The number of unbranched alkanes of at least 4 members (excludes halogenated alkanes) is 1. The Kier molecular flexibility index (Phi) is 9.10. The number of hydrogen-bond acceptors (Lipinski definition) is 3. The molecule has 1 aromatic heterocycles. The van der Waals surface area contributed by atoms with Crippen LogP contribution in [0.2, 0.25) is 0 Å². The fraction of sp³-hybridized carbons (Fsp3) is 0.636. The molecule has 0 saturated carbocycles. The van der Waals surface area contributed by atoms with Crippen molar-refractivity contribution in [2.75, 3.05) is 13.6 Å². The van der Waals surface area contributed by atoms with Crippen molar-refractivity contribution in [3.05, 3.63) is 16.1 Å². The molecule has 2 N–H and O–H groups in total. The monoisotopic (exact) mass is 422 g/mol. The maximum Gasteiger partial charge on any atom is 0.434 e. The second-order valence-corrected chi connectivity index (χ2v) is 4.77. The molecule has 0 aliphatic rings. The third-order valence-corrected chi connectivity index (χ3v) is 3.14. The largest absolute Gasteiger partial charge is 0.434 e. The first-order valence-electron chi connectivity index (χ1n) is 5.93. The molecule has 4 nitrogen and oxygen atoms in total. The molecule has 0 atom stereocenters. The molecule has 1 heterocycles. The third-order valence-electron chi connectivity index (χ3n) is 2.30. The molecule has 9 heteroatoms. The fourth-order valence-electron chi connectivity index (χ4n) is 1.29. The molecule has 0 unspecified atom stereocenters. The molecule has 0 radical (unpaired) electrons. The summed E-state index contributed by atoms with van der Waals surface area (Å²) in [6.07, 6.45) is -2.31. The lowest BCUT2D eigenvalue weighted by Gasteiger charge is -2.10. The number of guanidine groups is 1.